The number of ketones is 1. The standard InChI is InChI=1S/C17H18N2O2/c1-19(2)15-9-7-13(8-10-15)16(20)11-12-3-5-14(6-4-12)17(18)21/h3-10H,11H2,1-2H3,(H2,18,21). The van der Waals surface area contributed by atoms with Gasteiger partial charge in [0.1, 0.15) is 0 Å². The molecule has 2 aromatic rings. The van der Waals surface area contributed by atoms with Crippen LogP contribution in [-0.2, 0) is 6.42 Å². The number of primary amides is 1. The molecule has 0 fully saturated rings. The summed E-state index contributed by atoms with van der Waals surface area (Å²) in [6.07, 6.45) is 0.306. The lowest BCUT2D eigenvalue weighted by molar-refractivity contribution is 0.0989. The lowest BCUT2D eigenvalue weighted by atomic mass is 10.0. The number of hydrogen-bond acceptors (Lipinski definition) is 3. The Morgan fingerprint density at radius 1 is 0.905 bits per heavy atom. The molecule has 0 atom stereocenters. The lowest BCUT2D eigenvalue weighted by Gasteiger charge is -2.12. The quantitative estimate of drug-likeness (QED) is 0.856. The molecule has 4 nitrogen and oxygen atoms in total. The number of amides is 1. The predicted molar refractivity (Wildman–Crippen MR) is 83.8 cm³/mol. The van der Waals surface area contributed by atoms with Crippen LogP contribution in [0.5, 0.6) is 0 Å². The average molecular weight is 282 g/mol. The summed E-state index contributed by atoms with van der Waals surface area (Å²) in [5.74, 6) is -0.417. The summed E-state index contributed by atoms with van der Waals surface area (Å²) >= 11 is 0. The molecule has 0 spiro atoms. The Labute approximate surface area is 124 Å². The van der Waals surface area contributed by atoms with Gasteiger partial charge in [-0.2, -0.15) is 0 Å². The van der Waals surface area contributed by atoms with Gasteiger partial charge in [0.05, 0.1) is 0 Å². The minimum atomic E-state index is -0.466. The average Bonchev–Trinajstić information content (AvgIpc) is 2.47. The molecule has 0 bridgehead atoms. The summed E-state index contributed by atoms with van der Waals surface area (Å²) < 4.78 is 0. The lowest BCUT2D eigenvalue weighted by Crippen LogP contribution is -2.11. The van der Waals surface area contributed by atoms with Crippen molar-refractivity contribution >= 4 is 17.4 Å². The summed E-state index contributed by atoms with van der Waals surface area (Å²) in [6, 6.07) is 14.3. The number of Topliss-reactive ketones (excluding diaryl/α,β-unsaturated/α-hetero) is 1. The molecule has 0 aliphatic heterocycles. The second-order valence-electron chi connectivity index (χ2n) is 5.10. The zero-order valence-corrected chi connectivity index (χ0v) is 12.2. The first kappa shape index (κ1) is 14.8. The summed E-state index contributed by atoms with van der Waals surface area (Å²) in [5.41, 5.74) is 8.23. The maximum atomic E-state index is 12.2. The first-order valence-electron chi connectivity index (χ1n) is 6.66. The van der Waals surface area contributed by atoms with Crippen molar-refractivity contribution in [2.75, 3.05) is 19.0 Å². The summed E-state index contributed by atoms with van der Waals surface area (Å²) in [5, 5.41) is 0. The van der Waals surface area contributed by atoms with Crippen molar-refractivity contribution in [2.24, 2.45) is 5.73 Å². The highest BCUT2D eigenvalue weighted by atomic mass is 16.1. The number of carbonyl (C=O) groups is 2. The van der Waals surface area contributed by atoms with Crippen molar-refractivity contribution in [1.82, 2.24) is 0 Å². The second kappa shape index (κ2) is 6.22. The fourth-order valence-electron chi connectivity index (χ4n) is 2.02. The number of carbonyl (C=O) groups excluding carboxylic acids is 2. The number of rotatable bonds is 5. The van der Waals surface area contributed by atoms with Crippen molar-refractivity contribution in [3.63, 3.8) is 0 Å². The molecule has 0 aliphatic carbocycles. The van der Waals surface area contributed by atoms with Crippen LogP contribution >= 0.6 is 0 Å². The fourth-order valence-corrected chi connectivity index (χ4v) is 2.02. The third-order valence-electron chi connectivity index (χ3n) is 3.31. The van der Waals surface area contributed by atoms with Gasteiger partial charge >= 0.3 is 0 Å². The SMILES string of the molecule is CN(C)c1ccc(C(=O)Cc2ccc(C(N)=O)cc2)cc1. The van der Waals surface area contributed by atoms with E-state index in [1.807, 2.05) is 43.3 Å². The largest absolute Gasteiger partial charge is 0.378 e. The van der Waals surface area contributed by atoms with Crippen LogP contribution in [0, 0.1) is 0 Å². The Morgan fingerprint density at radius 3 is 1.90 bits per heavy atom. The molecule has 0 saturated heterocycles. The second-order valence-corrected chi connectivity index (χ2v) is 5.10. The molecule has 21 heavy (non-hydrogen) atoms. The topological polar surface area (TPSA) is 63.4 Å². The van der Waals surface area contributed by atoms with Crippen molar-refractivity contribution < 1.29 is 9.59 Å². The minimum absolute atomic E-state index is 0.0483. The van der Waals surface area contributed by atoms with E-state index in [2.05, 4.69) is 0 Å². The molecule has 2 N–H and O–H groups in total. The predicted octanol–water partition coefficient (Wildman–Crippen LogP) is 2.28. The van der Waals surface area contributed by atoms with Gasteiger partial charge in [-0.1, -0.05) is 12.1 Å². The van der Waals surface area contributed by atoms with Crippen LogP contribution in [-0.4, -0.2) is 25.8 Å². The first-order chi connectivity index (χ1) is 9.97. The van der Waals surface area contributed by atoms with Gasteiger partial charge < -0.3 is 10.6 Å². The summed E-state index contributed by atoms with van der Waals surface area (Å²) in [7, 11) is 3.91. The van der Waals surface area contributed by atoms with Crippen molar-refractivity contribution in [3.05, 3.63) is 65.2 Å². The van der Waals surface area contributed by atoms with E-state index < -0.39 is 5.91 Å². The van der Waals surface area contributed by atoms with Gasteiger partial charge in [0.2, 0.25) is 5.91 Å². The van der Waals surface area contributed by atoms with Crippen LogP contribution in [0.3, 0.4) is 0 Å². The van der Waals surface area contributed by atoms with Crippen molar-refractivity contribution in [3.8, 4) is 0 Å². The van der Waals surface area contributed by atoms with E-state index in [9.17, 15) is 9.59 Å². The van der Waals surface area contributed by atoms with Gasteiger partial charge in [-0.15, -0.1) is 0 Å². The molecule has 0 saturated carbocycles. The molecular weight excluding hydrogens is 264 g/mol. The highest BCUT2D eigenvalue weighted by Crippen LogP contribution is 2.14. The van der Waals surface area contributed by atoms with Gasteiger partial charge in [-0.05, 0) is 42.0 Å². The molecule has 0 unspecified atom stereocenters. The Kier molecular flexibility index (Phi) is 4.38. The van der Waals surface area contributed by atoms with Gasteiger partial charge in [0.15, 0.2) is 5.78 Å². The van der Waals surface area contributed by atoms with Crippen molar-refractivity contribution in [2.45, 2.75) is 6.42 Å². The van der Waals surface area contributed by atoms with E-state index in [1.165, 1.54) is 0 Å². The molecule has 2 rings (SSSR count). The molecule has 0 radical (unpaired) electrons. The zero-order chi connectivity index (χ0) is 15.4. The number of nitrogens with two attached hydrogens (primary N) is 1. The fraction of sp³-hybridized carbons (Fsp3) is 0.176. The third kappa shape index (κ3) is 3.69. The van der Waals surface area contributed by atoms with E-state index in [4.69, 9.17) is 5.73 Å². The van der Waals surface area contributed by atoms with E-state index in [1.54, 1.807) is 24.3 Å². The molecule has 1 amide bonds. The zero-order valence-electron chi connectivity index (χ0n) is 12.2. The van der Waals surface area contributed by atoms with E-state index in [0.717, 1.165) is 11.3 Å². The molecule has 0 aliphatic rings. The maximum Gasteiger partial charge on any atom is 0.248 e. The normalized spacial score (nSPS) is 10.2. The Bertz CT molecular complexity index is 643. The molecule has 2 aromatic carbocycles. The van der Waals surface area contributed by atoms with E-state index in [-0.39, 0.29) is 5.78 Å². The minimum Gasteiger partial charge on any atom is -0.378 e. The molecule has 0 heterocycles. The van der Waals surface area contributed by atoms with Gasteiger partial charge in [-0.3, -0.25) is 9.59 Å². The Balaban J connectivity index is 2.08. The number of nitrogens with zero attached hydrogens (tertiary/aromatic N) is 1. The van der Waals surface area contributed by atoms with E-state index in [0.29, 0.717) is 17.5 Å². The molecule has 0 aromatic heterocycles. The number of benzene rings is 2. The Hall–Kier alpha value is -2.62. The van der Waals surface area contributed by atoms with Gasteiger partial charge in [0, 0.05) is 37.3 Å². The summed E-state index contributed by atoms with van der Waals surface area (Å²) in [4.78, 5) is 25.2. The van der Waals surface area contributed by atoms with Crippen LogP contribution in [0.1, 0.15) is 26.3 Å². The number of anilines is 1. The monoisotopic (exact) mass is 282 g/mol. The molecule has 4 heteroatoms. The van der Waals surface area contributed by atoms with Crippen LogP contribution in [0.2, 0.25) is 0 Å². The highest BCUT2D eigenvalue weighted by Gasteiger charge is 2.08. The van der Waals surface area contributed by atoms with Crippen LogP contribution in [0.15, 0.2) is 48.5 Å². The molecular formula is C17H18N2O2. The Morgan fingerprint density at radius 2 is 1.43 bits per heavy atom. The smallest absolute Gasteiger partial charge is 0.248 e. The summed E-state index contributed by atoms with van der Waals surface area (Å²) in [6.45, 7) is 0. The van der Waals surface area contributed by atoms with Crippen molar-refractivity contribution in [1.29, 1.82) is 0 Å². The first-order valence-corrected chi connectivity index (χ1v) is 6.66. The van der Waals surface area contributed by atoms with Crippen LogP contribution in [0.4, 0.5) is 5.69 Å². The van der Waals surface area contributed by atoms with Crippen LogP contribution < -0.4 is 10.6 Å². The number of hydrogen-bond donors (Lipinski definition) is 1. The highest BCUT2D eigenvalue weighted by molar-refractivity contribution is 5.98. The van der Waals surface area contributed by atoms with Gasteiger partial charge in [-0.25, -0.2) is 0 Å². The molecule has 108 valence electrons. The maximum absolute atomic E-state index is 12.2. The van der Waals surface area contributed by atoms with Gasteiger partial charge in [0.25, 0.3) is 0 Å². The van der Waals surface area contributed by atoms with Crippen LogP contribution in [0.25, 0.3) is 0 Å². The third-order valence-corrected chi connectivity index (χ3v) is 3.31. The van der Waals surface area contributed by atoms with E-state index >= 15 is 0 Å².